The number of rotatable bonds is 7. The highest BCUT2D eigenvalue weighted by Crippen LogP contribution is 2.26. The van der Waals surface area contributed by atoms with Crippen LogP contribution in [0.3, 0.4) is 0 Å². The highest BCUT2D eigenvalue weighted by atomic mass is 32.2. The smallest absolute Gasteiger partial charge is 0.248 e. The minimum atomic E-state index is -0.393. The molecular weight excluding hydrogens is 332 g/mol. The lowest BCUT2D eigenvalue weighted by atomic mass is 10.0. The minimum absolute atomic E-state index is 0.172. The molecule has 3 N–H and O–H groups in total. The van der Waals surface area contributed by atoms with E-state index >= 15 is 0 Å². The number of nitrogens with two attached hydrogens (primary N) is 1. The minimum Gasteiger partial charge on any atom is -0.369 e. The highest BCUT2D eigenvalue weighted by molar-refractivity contribution is 8.00. The zero-order valence-corrected chi connectivity index (χ0v) is 15.2. The molecule has 2 aromatic rings. The molecule has 0 heterocycles. The predicted octanol–water partition coefficient (Wildman–Crippen LogP) is 4.04. The summed E-state index contributed by atoms with van der Waals surface area (Å²) < 4.78 is 0. The fraction of sp³-hybridized carbons (Fsp3) is 0.200. The largest absolute Gasteiger partial charge is 0.369 e. The van der Waals surface area contributed by atoms with Crippen molar-refractivity contribution >= 4 is 35.3 Å². The number of nitrogens with one attached hydrogen (secondary N) is 1. The van der Waals surface area contributed by atoms with Crippen LogP contribution in [0.4, 0.5) is 5.69 Å². The molecular formula is C20H22N2O2S. The van der Waals surface area contributed by atoms with Crippen LogP contribution < -0.4 is 11.1 Å². The average molecular weight is 354 g/mol. The molecule has 0 aliphatic carbocycles. The van der Waals surface area contributed by atoms with Gasteiger partial charge in [-0.1, -0.05) is 50.2 Å². The number of primary amides is 1. The maximum Gasteiger partial charge on any atom is 0.248 e. The van der Waals surface area contributed by atoms with Crippen LogP contribution in [0.5, 0.6) is 0 Å². The van der Waals surface area contributed by atoms with Crippen molar-refractivity contribution in [3.05, 3.63) is 65.7 Å². The van der Waals surface area contributed by atoms with Gasteiger partial charge in [0.2, 0.25) is 11.8 Å². The van der Waals surface area contributed by atoms with Gasteiger partial charge < -0.3 is 11.1 Å². The van der Waals surface area contributed by atoms with E-state index in [0.717, 1.165) is 10.5 Å². The molecule has 0 radical (unpaired) electrons. The molecule has 0 aromatic heterocycles. The van der Waals surface area contributed by atoms with Gasteiger partial charge in [-0.3, -0.25) is 9.59 Å². The third-order valence-corrected chi connectivity index (χ3v) is 4.64. The van der Waals surface area contributed by atoms with E-state index < -0.39 is 5.91 Å². The van der Waals surface area contributed by atoms with E-state index in [0.29, 0.717) is 11.6 Å². The molecule has 2 amide bonds. The van der Waals surface area contributed by atoms with Crippen LogP contribution in [0, 0.1) is 0 Å². The summed E-state index contributed by atoms with van der Waals surface area (Å²) in [5.41, 5.74) is 8.07. The van der Waals surface area contributed by atoms with Crippen molar-refractivity contribution in [3.8, 4) is 0 Å². The summed E-state index contributed by atoms with van der Waals surface area (Å²) in [6.45, 7) is 4.29. The molecule has 0 unspecified atom stereocenters. The Labute approximate surface area is 152 Å². The van der Waals surface area contributed by atoms with Gasteiger partial charge in [-0.15, -0.1) is 11.8 Å². The van der Waals surface area contributed by atoms with Crippen molar-refractivity contribution in [1.82, 2.24) is 0 Å². The van der Waals surface area contributed by atoms with Crippen LogP contribution in [0.2, 0.25) is 0 Å². The molecule has 0 bridgehead atoms. The Kier molecular flexibility index (Phi) is 6.83. The van der Waals surface area contributed by atoms with Gasteiger partial charge in [-0.2, -0.15) is 0 Å². The van der Waals surface area contributed by atoms with Gasteiger partial charge in [-0.25, -0.2) is 0 Å². The lowest BCUT2D eigenvalue weighted by Crippen LogP contribution is -2.13. The summed E-state index contributed by atoms with van der Waals surface area (Å²) in [5.74, 6) is 0.0388. The zero-order valence-electron chi connectivity index (χ0n) is 14.4. The van der Waals surface area contributed by atoms with Gasteiger partial charge in [0.25, 0.3) is 0 Å². The number of thioether (sulfide) groups is 1. The van der Waals surface area contributed by atoms with Gasteiger partial charge in [0, 0.05) is 11.0 Å². The lowest BCUT2D eigenvalue weighted by molar-refractivity contribution is -0.115. The predicted molar refractivity (Wildman–Crippen MR) is 105 cm³/mol. The van der Waals surface area contributed by atoms with Crippen LogP contribution >= 0.6 is 11.8 Å². The monoisotopic (exact) mass is 354 g/mol. The van der Waals surface area contributed by atoms with Gasteiger partial charge in [0.15, 0.2) is 0 Å². The number of para-hydroxylation sites is 1. The standard InChI is InChI=1S/C20H22N2O2S/c1-14(2)16-10-7-15(8-11-16)9-12-20(24)22-17-5-3-4-6-18(17)25-13-19(21)23/h3-12,14H,13H2,1-2H3,(H2,21,23)(H,22,24). The number of benzene rings is 2. The van der Waals surface area contributed by atoms with E-state index in [-0.39, 0.29) is 11.7 Å². The first-order valence-corrected chi connectivity index (χ1v) is 9.03. The lowest BCUT2D eigenvalue weighted by Gasteiger charge is -2.08. The molecule has 0 saturated heterocycles. The molecule has 0 atom stereocenters. The van der Waals surface area contributed by atoms with Crippen molar-refractivity contribution in [2.75, 3.05) is 11.1 Å². The van der Waals surface area contributed by atoms with Gasteiger partial charge in [0.1, 0.15) is 0 Å². The molecule has 130 valence electrons. The van der Waals surface area contributed by atoms with E-state index in [1.807, 2.05) is 30.3 Å². The second kappa shape index (κ2) is 9.08. The Bertz CT molecular complexity index is 768. The van der Waals surface area contributed by atoms with Crippen molar-refractivity contribution in [2.45, 2.75) is 24.7 Å². The van der Waals surface area contributed by atoms with Crippen LogP contribution in [0.1, 0.15) is 30.9 Å². The van der Waals surface area contributed by atoms with E-state index in [2.05, 4.69) is 31.3 Å². The van der Waals surface area contributed by atoms with E-state index in [4.69, 9.17) is 5.73 Å². The summed E-state index contributed by atoms with van der Waals surface area (Å²) in [6, 6.07) is 15.5. The molecule has 25 heavy (non-hydrogen) atoms. The summed E-state index contributed by atoms with van der Waals surface area (Å²) in [4.78, 5) is 23.9. The molecule has 0 fully saturated rings. The Morgan fingerprint density at radius 3 is 2.44 bits per heavy atom. The van der Waals surface area contributed by atoms with Crippen LogP contribution in [0.15, 0.2) is 59.5 Å². The summed E-state index contributed by atoms with van der Waals surface area (Å²) in [7, 11) is 0. The molecule has 0 aliphatic rings. The maximum absolute atomic E-state index is 12.2. The number of carbonyl (C=O) groups is 2. The van der Waals surface area contributed by atoms with Crippen LogP contribution in [-0.4, -0.2) is 17.6 Å². The van der Waals surface area contributed by atoms with Crippen LogP contribution in [0.25, 0.3) is 6.08 Å². The Morgan fingerprint density at radius 1 is 1.12 bits per heavy atom. The summed E-state index contributed by atoms with van der Waals surface area (Å²) in [6.07, 6.45) is 3.28. The fourth-order valence-electron chi connectivity index (χ4n) is 2.18. The van der Waals surface area contributed by atoms with Gasteiger partial charge >= 0.3 is 0 Å². The van der Waals surface area contributed by atoms with Gasteiger partial charge in [-0.05, 0) is 35.3 Å². The molecule has 4 nitrogen and oxygen atoms in total. The molecule has 2 aromatic carbocycles. The first kappa shape index (κ1) is 18.8. The number of carbonyl (C=O) groups excluding carboxylic acids is 2. The Morgan fingerprint density at radius 2 is 1.80 bits per heavy atom. The summed E-state index contributed by atoms with van der Waals surface area (Å²) in [5, 5.41) is 2.84. The third-order valence-electron chi connectivity index (χ3n) is 3.55. The van der Waals surface area contributed by atoms with Crippen molar-refractivity contribution < 1.29 is 9.59 Å². The SMILES string of the molecule is CC(C)c1ccc(C=CC(=O)Nc2ccccc2SCC(N)=O)cc1. The number of amides is 2. The normalized spacial score (nSPS) is 11.0. The van der Waals surface area contributed by atoms with Crippen molar-refractivity contribution in [3.63, 3.8) is 0 Å². The molecule has 0 spiro atoms. The second-order valence-corrected chi connectivity index (χ2v) is 6.91. The molecule has 2 rings (SSSR count). The maximum atomic E-state index is 12.2. The van der Waals surface area contributed by atoms with Crippen molar-refractivity contribution in [1.29, 1.82) is 0 Å². The number of anilines is 1. The second-order valence-electron chi connectivity index (χ2n) is 5.90. The fourth-order valence-corrected chi connectivity index (χ4v) is 2.93. The average Bonchev–Trinajstić information content (AvgIpc) is 2.59. The topological polar surface area (TPSA) is 72.2 Å². The van der Waals surface area contributed by atoms with E-state index in [1.54, 1.807) is 12.1 Å². The first-order chi connectivity index (χ1) is 12.0. The van der Waals surface area contributed by atoms with Gasteiger partial charge in [0.05, 0.1) is 11.4 Å². The third kappa shape index (κ3) is 6.12. The number of hydrogen-bond donors (Lipinski definition) is 2. The first-order valence-electron chi connectivity index (χ1n) is 8.05. The van der Waals surface area contributed by atoms with Crippen LogP contribution in [-0.2, 0) is 9.59 Å². The van der Waals surface area contributed by atoms with Crippen molar-refractivity contribution in [2.24, 2.45) is 5.73 Å². The summed E-state index contributed by atoms with van der Waals surface area (Å²) >= 11 is 1.30. The molecule has 0 saturated carbocycles. The highest BCUT2D eigenvalue weighted by Gasteiger charge is 2.06. The zero-order chi connectivity index (χ0) is 18.2. The molecule has 0 aliphatic heterocycles. The quantitative estimate of drug-likeness (QED) is 0.582. The molecule has 5 heteroatoms. The van der Waals surface area contributed by atoms with E-state index in [1.165, 1.54) is 23.4 Å². The number of hydrogen-bond acceptors (Lipinski definition) is 3. The Balaban J connectivity index is 2.01. The van der Waals surface area contributed by atoms with E-state index in [9.17, 15) is 9.59 Å². The Hall–Kier alpha value is -2.53.